The molecule has 53 heavy (non-hydrogen) atoms. The number of piperidine rings is 1. The summed E-state index contributed by atoms with van der Waals surface area (Å²) in [5.74, 6) is 4.01. The molecule has 1 aromatic heterocycles. The predicted molar refractivity (Wildman–Crippen MR) is 215 cm³/mol. The number of methoxy groups -OCH3 is 5. The van der Waals surface area contributed by atoms with E-state index in [0.29, 0.717) is 29.2 Å². The smallest absolute Gasteiger partial charge is 0.203 e. The highest BCUT2D eigenvalue weighted by Crippen LogP contribution is 2.49. The molecule has 0 bridgehead atoms. The van der Waals surface area contributed by atoms with E-state index in [1.54, 1.807) is 35.5 Å². The fourth-order valence-electron chi connectivity index (χ4n) is 7.63. The second-order valence-electron chi connectivity index (χ2n) is 13.9. The summed E-state index contributed by atoms with van der Waals surface area (Å²) >= 11 is 3.64. The maximum absolute atomic E-state index is 5.78. The van der Waals surface area contributed by atoms with Gasteiger partial charge in [0.05, 0.1) is 41.2 Å². The van der Waals surface area contributed by atoms with Crippen LogP contribution >= 0.6 is 15.9 Å². The van der Waals surface area contributed by atoms with Crippen LogP contribution in [0.2, 0.25) is 0 Å². The summed E-state index contributed by atoms with van der Waals surface area (Å²) in [4.78, 5) is 9.99. The zero-order chi connectivity index (χ0) is 36.9. The van der Waals surface area contributed by atoms with Crippen LogP contribution in [0.15, 0.2) is 89.2 Å². The lowest BCUT2D eigenvalue weighted by Crippen LogP contribution is -2.45. The van der Waals surface area contributed by atoms with Crippen LogP contribution in [0.3, 0.4) is 0 Å². The number of nitrogens with zero attached hydrogens (tertiary/aromatic N) is 3. The molecule has 3 aliphatic rings. The minimum Gasteiger partial charge on any atom is -0.493 e. The molecule has 10 heteroatoms. The van der Waals surface area contributed by atoms with E-state index in [1.807, 2.05) is 18.3 Å². The Bertz CT molecular complexity index is 1940. The largest absolute Gasteiger partial charge is 0.493 e. The van der Waals surface area contributed by atoms with E-state index in [-0.39, 0.29) is 0 Å². The van der Waals surface area contributed by atoms with Crippen molar-refractivity contribution in [2.75, 3.05) is 66.6 Å². The first kappa shape index (κ1) is 36.7. The molecule has 0 spiro atoms. The fourth-order valence-corrected chi connectivity index (χ4v) is 7.89. The molecule has 2 fully saturated rings. The lowest BCUT2D eigenvalue weighted by Gasteiger charge is -2.40. The zero-order valence-electron chi connectivity index (χ0n) is 31.3. The molecule has 1 N–H and O–H groups in total. The van der Waals surface area contributed by atoms with Crippen molar-refractivity contribution >= 4 is 27.2 Å². The Morgan fingerprint density at radius 1 is 0.774 bits per heavy atom. The summed E-state index contributed by atoms with van der Waals surface area (Å²) < 4.78 is 29.4. The van der Waals surface area contributed by atoms with Crippen molar-refractivity contribution in [3.63, 3.8) is 0 Å². The first-order chi connectivity index (χ1) is 25.9. The Morgan fingerprint density at radius 3 is 2.08 bits per heavy atom. The van der Waals surface area contributed by atoms with Crippen molar-refractivity contribution in [2.45, 2.75) is 44.2 Å². The molecular formula is C43H49BrN4O5. The van der Waals surface area contributed by atoms with Gasteiger partial charge in [0.1, 0.15) is 0 Å². The molecule has 4 aromatic rings. The normalized spacial score (nSPS) is 16.3. The molecule has 0 atom stereocenters. The van der Waals surface area contributed by atoms with E-state index < -0.39 is 0 Å². The van der Waals surface area contributed by atoms with E-state index in [0.717, 1.165) is 83.9 Å². The van der Waals surface area contributed by atoms with Crippen LogP contribution in [0.1, 0.15) is 48.3 Å². The predicted octanol–water partition coefficient (Wildman–Crippen LogP) is 8.47. The molecule has 3 aromatic carbocycles. The number of allylic oxidation sites excluding steroid dienone is 2. The van der Waals surface area contributed by atoms with Crippen molar-refractivity contribution < 1.29 is 23.7 Å². The molecule has 0 unspecified atom stereocenters. The number of hydrogen-bond donors (Lipinski definition) is 1. The molecule has 1 saturated carbocycles. The number of pyridine rings is 1. The van der Waals surface area contributed by atoms with Crippen LogP contribution in [0.5, 0.6) is 28.7 Å². The van der Waals surface area contributed by atoms with E-state index in [9.17, 15) is 0 Å². The quantitative estimate of drug-likeness (QED) is 0.136. The maximum Gasteiger partial charge on any atom is 0.203 e. The van der Waals surface area contributed by atoms with Crippen LogP contribution in [-0.2, 0) is 6.54 Å². The second kappa shape index (κ2) is 16.6. The van der Waals surface area contributed by atoms with E-state index in [4.69, 9.17) is 28.7 Å². The van der Waals surface area contributed by atoms with Crippen LogP contribution in [0, 0.1) is 0 Å². The molecule has 9 nitrogen and oxygen atoms in total. The van der Waals surface area contributed by atoms with E-state index in [2.05, 4.69) is 91.9 Å². The third-order valence-electron chi connectivity index (χ3n) is 10.5. The second-order valence-corrected chi connectivity index (χ2v) is 14.8. The fraction of sp³-hybridized carbons (Fsp3) is 0.372. The molecular weight excluding hydrogens is 732 g/mol. The van der Waals surface area contributed by atoms with Gasteiger partial charge >= 0.3 is 0 Å². The SMILES string of the molecule is COc1cc(C2=CNCC(CN3CCC(N(Cc4ccnc(-c5cc(OC)c(OC)c(C6CC6)c5)c4)c4ccc(Br)cc4)CC3)=C2)cc(OC)c1OC. The lowest BCUT2D eigenvalue weighted by atomic mass is 9.98. The summed E-state index contributed by atoms with van der Waals surface area (Å²) in [6.07, 6.45) is 10.8. The summed E-state index contributed by atoms with van der Waals surface area (Å²) in [6, 6.07) is 21.8. The summed E-state index contributed by atoms with van der Waals surface area (Å²) in [7, 11) is 8.35. The van der Waals surface area contributed by atoms with Gasteiger partial charge < -0.3 is 33.9 Å². The standard InChI is InChI=1S/C43H49BrN4O5/c1-49-39-23-32(20-37(30-6-7-30)42(39)52-4)38-19-28(12-15-46-38)27-48(35-10-8-34(44)9-11-35)36-13-16-47(17-14-36)26-29-18-33(25-45-24-29)31-21-40(50-2)43(53-5)41(22-31)51-3/h8-12,15,18-23,25,30,36,45H,6-7,13-14,16-17,24,26-27H2,1-5H3. The molecule has 1 aliphatic carbocycles. The molecule has 1 saturated heterocycles. The van der Waals surface area contributed by atoms with Gasteiger partial charge in [0, 0.05) is 72.4 Å². The number of benzene rings is 3. The first-order valence-electron chi connectivity index (χ1n) is 18.3. The molecule has 278 valence electrons. The van der Waals surface area contributed by atoms with E-state index >= 15 is 0 Å². The maximum atomic E-state index is 5.78. The van der Waals surface area contributed by atoms with Gasteiger partial charge in [-0.3, -0.25) is 9.88 Å². The van der Waals surface area contributed by atoms with Gasteiger partial charge in [-0.05, 0) is 115 Å². The minimum absolute atomic E-state index is 0.403. The number of nitrogens with one attached hydrogen (secondary N) is 1. The zero-order valence-corrected chi connectivity index (χ0v) is 32.9. The number of halogens is 1. The molecule has 2 aliphatic heterocycles. The number of anilines is 1. The van der Waals surface area contributed by atoms with Crippen molar-refractivity contribution in [1.82, 2.24) is 15.2 Å². The average molecular weight is 782 g/mol. The average Bonchev–Trinajstić information content (AvgIpc) is 4.06. The Labute approximate surface area is 321 Å². The Kier molecular flexibility index (Phi) is 11.5. The molecule has 7 rings (SSSR count). The first-order valence-corrected chi connectivity index (χ1v) is 19.1. The number of hydrogen-bond acceptors (Lipinski definition) is 9. The van der Waals surface area contributed by atoms with Gasteiger partial charge in [0.15, 0.2) is 23.0 Å². The molecule has 3 heterocycles. The van der Waals surface area contributed by atoms with Gasteiger partial charge in [-0.1, -0.05) is 22.0 Å². The highest BCUT2D eigenvalue weighted by Gasteiger charge is 2.30. The Hall–Kier alpha value is -4.67. The monoisotopic (exact) mass is 780 g/mol. The van der Waals surface area contributed by atoms with Crippen LogP contribution < -0.4 is 33.9 Å². The molecule has 0 amide bonds. The van der Waals surface area contributed by atoms with Crippen molar-refractivity contribution in [3.05, 3.63) is 106 Å². The van der Waals surface area contributed by atoms with Gasteiger partial charge in [-0.25, -0.2) is 0 Å². The number of dihydropyridines is 1. The van der Waals surface area contributed by atoms with Crippen LogP contribution in [-0.4, -0.2) is 77.7 Å². The summed E-state index contributed by atoms with van der Waals surface area (Å²) in [5.41, 5.74) is 9.14. The molecule has 0 radical (unpaired) electrons. The third kappa shape index (κ3) is 8.29. The van der Waals surface area contributed by atoms with Gasteiger partial charge in [-0.15, -0.1) is 0 Å². The highest BCUT2D eigenvalue weighted by atomic mass is 79.9. The highest BCUT2D eigenvalue weighted by molar-refractivity contribution is 9.10. The topological polar surface area (TPSA) is 77.6 Å². The Balaban J connectivity index is 1.06. The van der Waals surface area contributed by atoms with Crippen LogP contribution in [0.25, 0.3) is 16.8 Å². The number of likely N-dealkylation sites (tertiary alicyclic amines) is 1. The van der Waals surface area contributed by atoms with Crippen molar-refractivity contribution in [1.29, 1.82) is 0 Å². The number of ether oxygens (including phenoxy) is 5. The van der Waals surface area contributed by atoms with E-state index in [1.165, 1.54) is 35.2 Å². The van der Waals surface area contributed by atoms with Crippen molar-refractivity contribution in [3.8, 4) is 40.0 Å². The lowest BCUT2D eigenvalue weighted by molar-refractivity contribution is 0.222. The summed E-state index contributed by atoms with van der Waals surface area (Å²) in [5, 5.41) is 3.50. The third-order valence-corrected chi connectivity index (χ3v) is 11.1. The minimum atomic E-state index is 0.403. The number of aromatic nitrogens is 1. The Morgan fingerprint density at radius 2 is 1.43 bits per heavy atom. The van der Waals surface area contributed by atoms with Gasteiger partial charge in [0.25, 0.3) is 0 Å². The van der Waals surface area contributed by atoms with Gasteiger partial charge in [-0.2, -0.15) is 0 Å². The van der Waals surface area contributed by atoms with Crippen LogP contribution in [0.4, 0.5) is 5.69 Å². The number of rotatable bonds is 14. The van der Waals surface area contributed by atoms with Gasteiger partial charge in [0.2, 0.25) is 5.75 Å². The summed E-state index contributed by atoms with van der Waals surface area (Å²) in [6.45, 7) is 4.58. The van der Waals surface area contributed by atoms with Crippen molar-refractivity contribution in [2.24, 2.45) is 0 Å².